The molecule has 0 fully saturated rings. The molecule has 0 unspecified atom stereocenters. The highest BCUT2D eigenvalue weighted by Gasteiger charge is 2.20. The van der Waals surface area contributed by atoms with E-state index < -0.39 is 0 Å². The standard InChI is InChI=1S/C23H19FN4O4S/c1-4-16-25-19-18-13(24)8-6-10-15(18)33-21(19)23(26-16)31-11-17-27-22(28-32-17)12-7-5-9-14(29-2)20(12)30-3/h5-10H,4,11H2,1-3H3. The minimum absolute atomic E-state index is 0.00865. The van der Waals surface area contributed by atoms with Crippen molar-refractivity contribution in [2.75, 3.05) is 14.2 Å². The predicted molar refractivity (Wildman–Crippen MR) is 121 cm³/mol. The Bertz CT molecular complexity index is 1470. The Labute approximate surface area is 192 Å². The zero-order chi connectivity index (χ0) is 22.9. The second-order valence-electron chi connectivity index (χ2n) is 7.03. The van der Waals surface area contributed by atoms with Crippen molar-refractivity contribution in [1.29, 1.82) is 0 Å². The lowest BCUT2D eigenvalue weighted by Crippen LogP contribution is -2.01. The molecular formula is C23H19FN4O4S. The normalized spacial score (nSPS) is 11.3. The number of rotatable bonds is 7. The van der Waals surface area contributed by atoms with Crippen LogP contribution in [0, 0.1) is 5.82 Å². The molecule has 3 aromatic heterocycles. The summed E-state index contributed by atoms with van der Waals surface area (Å²) in [6, 6.07) is 10.4. The van der Waals surface area contributed by atoms with Gasteiger partial charge in [-0.15, -0.1) is 11.3 Å². The number of aryl methyl sites for hydroxylation is 1. The highest BCUT2D eigenvalue weighted by molar-refractivity contribution is 7.26. The third-order valence-electron chi connectivity index (χ3n) is 5.07. The van der Waals surface area contributed by atoms with Gasteiger partial charge in [-0.1, -0.05) is 24.2 Å². The van der Waals surface area contributed by atoms with Crippen molar-refractivity contribution in [3.63, 3.8) is 0 Å². The van der Waals surface area contributed by atoms with E-state index in [-0.39, 0.29) is 18.3 Å². The van der Waals surface area contributed by atoms with Crippen molar-refractivity contribution >= 4 is 31.6 Å². The van der Waals surface area contributed by atoms with Gasteiger partial charge in [-0.2, -0.15) is 9.97 Å². The number of hydrogen-bond donors (Lipinski definition) is 0. The molecule has 2 aromatic carbocycles. The Hall–Kier alpha value is -3.79. The molecule has 0 aliphatic rings. The average molecular weight is 466 g/mol. The largest absolute Gasteiger partial charge is 0.493 e. The van der Waals surface area contributed by atoms with Crippen LogP contribution in [0.3, 0.4) is 0 Å². The summed E-state index contributed by atoms with van der Waals surface area (Å²) in [5.74, 6) is 2.27. The number of fused-ring (bicyclic) bond motifs is 3. The summed E-state index contributed by atoms with van der Waals surface area (Å²) < 4.78 is 38.1. The second-order valence-corrected chi connectivity index (χ2v) is 8.08. The van der Waals surface area contributed by atoms with Gasteiger partial charge in [0.2, 0.25) is 11.7 Å². The lowest BCUT2D eigenvalue weighted by atomic mass is 10.1. The van der Waals surface area contributed by atoms with Crippen molar-refractivity contribution in [2.24, 2.45) is 0 Å². The molecule has 0 radical (unpaired) electrons. The molecule has 33 heavy (non-hydrogen) atoms. The highest BCUT2D eigenvalue weighted by atomic mass is 32.1. The van der Waals surface area contributed by atoms with E-state index in [1.54, 1.807) is 26.4 Å². The van der Waals surface area contributed by atoms with Crippen LogP contribution in [0.25, 0.3) is 31.7 Å². The Balaban J connectivity index is 1.48. The molecule has 0 amide bonds. The number of ether oxygens (including phenoxy) is 3. The van der Waals surface area contributed by atoms with Crippen molar-refractivity contribution < 1.29 is 23.1 Å². The number of hydrogen-bond acceptors (Lipinski definition) is 9. The Morgan fingerprint density at radius 1 is 1.03 bits per heavy atom. The third-order valence-corrected chi connectivity index (χ3v) is 6.20. The third kappa shape index (κ3) is 3.72. The summed E-state index contributed by atoms with van der Waals surface area (Å²) in [7, 11) is 3.11. The van der Waals surface area contributed by atoms with Crippen LogP contribution in [-0.4, -0.2) is 34.3 Å². The van der Waals surface area contributed by atoms with Crippen molar-refractivity contribution in [2.45, 2.75) is 20.0 Å². The molecule has 10 heteroatoms. The van der Waals surface area contributed by atoms with Gasteiger partial charge in [0.1, 0.15) is 16.3 Å². The van der Waals surface area contributed by atoms with Crippen LogP contribution in [-0.2, 0) is 13.0 Å². The number of nitrogens with zero attached hydrogens (tertiary/aromatic N) is 4. The Kier molecular flexibility index (Phi) is 5.51. The average Bonchev–Trinajstić information content (AvgIpc) is 3.47. The lowest BCUT2D eigenvalue weighted by molar-refractivity contribution is 0.237. The molecule has 5 rings (SSSR count). The molecule has 0 atom stereocenters. The molecule has 5 aromatic rings. The van der Waals surface area contributed by atoms with Gasteiger partial charge in [0.25, 0.3) is 5.89 Å². The summed E-state index contributed by atoms with van der Waals surface area (Å²) >= 11 is 1.38. The molecule has 0 aliphatic carbocycles. The first-order chi connectivity index (χ1) is 16.1. The van der Waals surface area contributed by atoms with E-state index in [0.717, 1.165) is 4.70 Å². The molecule has 0 aliphatic heterocycles. The summed E-state index contributed by atoms with van der Waals surface area (Å²) in [5.41, 5.74) is 1.17. The summed E-state index contributed by atoms with van der Waals surface area (Å²) in [5, 5.41) is 4.52. The fourth-order valence-corrected chi connectivity index (χ4v) is 4.64. The van der Waals surface area contributed by atoms with Crippen LogP contribution >= 0.6 is 11.3 Å². The minimum atomic E-state index is -0.320. The maximum atomic E-state index is 14.5. The predicted octanol–water partition coefficient (Wildman–Crippen LogP) is 5.19. The van der Waals surface area contributed by atoms with E-state index in [1.165, 1.54) is 17.4 Å². The molecule has 3 heterocycles. The first-order valence-corrected chi connectivity index (χ1v) is 11.0. The highest BCUT2D eigenvalue weighted by Crippen LogP contribution is 2.39. The second kappa shape index (κ2) is 8.62. The van der Waals surface area contributed by atoms with Crippen LogP contribution in [0.2, 0.25) is 0 Å². The van der Waals surface area contributed by atoms with Gasteiger partial charge >= 0.3 is 0 Å². The van der Waals surface area contributed by atoms with Crippen LogP contribution in [0.1, 0.15) is 18.6 Å². The van der Waals surface area contributed by atoms with Gasteiger partial charge < -0.3 is 18.7 Å². The zero-order valence-electron chi connectivity index (χ0n) is 18.1. The SMILES string of the molecule is CCc1nc(OCc2nc(-c3cccc(OC)c3OC)no2)c2sc3cccc(F)c3c2n1. The molecule has 0 N–H and O–H groups in total. The van der Waals surface area contributed by atoms with Crippen LogP contribution in [0.15, 0.2) is 40.9 Å². The number of benzene rings is 2. The molecule has 0 bridgehead atoms. The molecular weight excluding hydrogens is 447 g/mol. The van der Waals surface area contributed by atoms with Crippen LogP contribution in [0.4, 0.5) is 4.39 Å². The van der Waals surface area contributed by atoms with Crippen molar-refractivity contribution in [3.05, 3.63) is 53.9 Å². The number of thiophene rings is 1. The number of methoxy groups -OCH3 is 2. The smallest absolute Gasteiger partial charge is 0.264 e. The van der Waals surface area contributed by atoms with Gasteiger partial charge in [-0.3, -0.25) is 0 Å². The van der Waals surface area contributed by atoms with Gasteiger partial charge in [0.15, 0.2) is 18.1 Å². The quantitative estimate of drug-likeness (QED) is 0.323. The fourth-order valence-electron chi connectivity index (χ4n) is 3.54. The molecule has 0 saturated carbocycles. The van der Waals surface area contributed by atoms with E-state index in [0.29, 0.717) is 56.6 Å². The van der Waals surface area contributed by atoms with E-state index in [9.17, 15) is 4.39 Å². The number of para-hydroxylation sites is 1. The Morgan fingerprint density at radius 3 is 2.67 bits per heavy atom. The van der Waals surface area contributed by atoms with Gasteiger partial charge in [0.05, 0.1) is 30.7 Å². The number of aromatic nitrogens is 4. The van der Waals surface area contributed by atoms with E-state index in [2.05, 4.69) is 20.1 Å². The van der Waals surface area contributed by atoms with Gasteiger partial charge in [0, 0.05) is 11.1 Å². The molecule has 8 nitrogen and oxygen atoms in total. The fraction of sp³-hybridized carbons (Fsp3) is 0.217. The minimum Gasteiger partial charge on any atom is -0.493 e. The monoisotopic (exact) mass is 466 g/mol. The first-order valence-electron chi connectivity index (χ1n) is 10.2. The van der Waals surface area contributed by atoms with Gasteiger partial charge in [-0.05, 0) is 24.3 Å². The van der Waals surface area contributed by atoms with Crippen LogP contribution in [0.5, 0.6) is 17.4 Å². The molecule has 168 valence electrons. The lowest BCUT2D eigenvalue weighted by Gasteiger charge is -2.09. The Morgan fingerprint density at radius 2 is 1.88 bits per heavy atom. The maximum absolute atomic E-state index is 14.5. The first kappa shape index (κ1) is 21.1. The molecule has 0 saturated heterocycles. The zero-order valence-corrected chi connectivity index (χ0v) is 18.9. The summed E-state index contributed by atoms with van der Waals surface area (Å²) in [6.07, 6.45) is 0.582. The molecule has 0 spiro atoms. The summed E-state index contributed by atoms with van der Waals surface area (Å²) in [6.45, 7) is 1.92. The topological polar surface area (TPSA) is 92.4 Å². The maximum Gasteiger partial charge on any atom is 0.264 e. The number of halogens is 1. The van der Waals surface area contributed by atoms with Crippen molar-refractivity contribution in [3.8, 4) is 28.8 Å². The van der Waals surface area contributed by atoms with Gasteiger partial charge in [-0.25, -0.2) is 9.37 Å². The van der Waals surface area contributed by atoms with E-state index >= 15 is 0 Å². The van der Waals surface area contributed by atoms with Crippen molar-refractivity contribution in [1.82, 2.24) is 20.1 Å². The van der Waals surface area contributed by atoms with E-state index in [4.69, 9.17) is 18.7 Å². The summed E-state index contributed by atoms with van der Waals surface area (Å²) in [4.78, 5) is 13.5. The van der Waals surface area contributed by atoms with E-state index in [1.807, 2.05) is 25.1 Å². The van der Waals surface area contributed by atoms with Crippen LogP contribution < -0.4 is 14.2 Å².